The largest absolute Gasteiger partial charge is 0.456 e. The van der Waals surface area contributed by atoms with Crippen LogP contribution in [0.5, 0.6) is 0 Å². The van der Waals surface area contributed by atoms with Crippen LogP contribution in [0, 0.1) is 11.7 Å². The molecule has 0 bridgehead atoms. The van der Waals surface area contributed by atoms with Gasteiger partial charge in [-0.05, 0) is 81.0 Å². The number of amides is 2. The van der Waals surface area contributed by atoms with Crippen molar-refractivity contribution in [2.45, 2.75) is 58.1 Å². The Bertz CT molecular complexity index is 1920. The molecule has 3 aromatic carbocycles. The van der Waals surface area contributed by atoms with Gasteiger partial charge in [-0.15, -0.1) is 0 Å². The molecule has 1 aliphatic rings. The van der Waals surface area contributed by atoms with Gasteiger partial charge in [-0.2, -0.15) is 18.3 Å². The van der Waals surface area contributed by atoms with Crippen LogP contribution < -0.4 is 16.8 Å². The van der Waals surface area contributed by atoms with E-state index < -0.39 is 53.1 Å². The predicted molar refractivity (Wildman–Crippen MR) is 174 cm³/mol. The number of primary amides is 1. The number of benzene rings is 3. The molecule has 0 radical (unpaired) electrons. The standard InChI is InChI=1S/C35H35F4N5O6/c1-34(2,3)50-32(46)29-23(8-5-9-25(29)40)30(48-17-19-10-11-19)21-12-13-24(36)26(15-21)42-31(45)27-16-28(35(37,38)39)43-44(27)22-7-4-6-20(14-22)18-49-33(41)47/h4-9,12-16,19,30H,10-11,17-18,40H2,1-3H3,(H2,41,47)(H,42,45). The molecule has 264 valence electrons. The summed E-state index contributed by atoms with van der Waals surface area (Å²) in [6.45, 7) is 5.15. The van der Waals surface area contributed by atoms with Crippen molar-refractivity contribution in [1.82, 2.24) is 9.78 Å². The molecule has 15 heteroatoms. The van der Waals surface area contributed by atoms with Gasteiger partial charge < -0.3 is 31.0 Å². The summed E-state index contributed by atoms with van der Waals surface area (Å²) >= 11 is 0. The van der Waals surface area contributed by atoms with Gasteiger partial charge in [-0.25, -0.2) is 18.7 Å². The van der Waals surface area contributed by atoms with Crippen LogP contribution in [0.4, 0.5) is 33.7 Å². The first kappa shape index (κ1) is 35.9. The summed E-state index contributed by atoms with van der Waals surface area (Å²) in [6, 6.07) is 14.8. The van der Waals surface area contributed by atoms with Crippen LogP contribution in [0.3, 0.4) is 0 Å². The fourth-order valence-electron chi connectivity index (χ4n) is 5.05. The minimum absolute atomic E-state index is 0.0234. The van der Waals surface area contributed by atoms with E-state index in [9.17, 15) is 27.6 Å². The van der Waals surface area contributed by atoms with Gasteiger partial charge in [-0.1, -0.05) is 30.3 Å². The van der Waals surface area contributed by atoms with Gasteiger partial charge in [0.1, 0.15) is 29.8 Å². The molecule has 1 fully saturated rings. The molecule has 1 unspecified atom stereocenters. The molecule has 50 heavy (non-hydrogen) atoms. The number of halogens is 4. The molecule has 1 atom stereocenters. The van der Waals surface area contributed by atoms with E-state index in [1.54, 1.807) is 32.9 Å². The number of hydrogen-bond donors (Lipinski definition) is 3. The van der Waals surface area contributed by atoms with Crippen LogP contribution in [-0.4, -0.2) is 40.0 Å². The number of rotatable bonds is 11. The number of carbonyl (C=O) groups is 3. The highest BCUT2D eigenvalue weighted by atomic mass is 19.4. The highest BCUT2D eigenvalue weighted by Gasteiger charge is 2.36. The predicted octanol–water partition coefficient (Wildman–Crippen LogP) is 6.93. The monoisotopic (exact) mass is 697 g/mol. The van der Waals surface area contributed by atoms with Crippen molar-refractivity contribution in [3.63, 3.8) is 0 Å². The van der Waals surface area contributed by atoms with Gasteiger partial charge in [0.25, 0.3) is 5.91 Å². The number of anilines is 2. The fraction of sp³-hybridized carbons (Fsp3) is 0.314. The van der Waals surface area contributed by atoms with Gasteiger partial charge in [0.05, 0.1) is 23.5 Å². The average Bonchev–Trinajstić information content (AvgIpc) is 3.74. The van der Waals surface area contributed by atoms with Crippen molar-refractivity contribution < 1.29 is 46.2 Å². The lowest BCUT2D eigenvalue weighted by Gasteiger charge is -2.25. The second kappa shape index (κ2) is 14.2. The first-order valence-corrected chi connectivity index (χ1v) is 15.5. The van der Waals surface area contributed by atoms with E-state index in [4.69, 9.17) is 25.7 Å². The lowest BCUT2D eigenvalue weighted by Crippen LogP contribution is -2.26. The number of nitrogens with one attached hydrogen (secondary N) is 1. The first-order chi connectivity index (χ1) is 23.5. The van der Waals surface area contributed by atoms with Crippen molar-refractivity contribution in [1.29, 1.82) is 0 Å². The smallest absolute Gasteiger partial charge is 0.435 e. The van der Waals surface area contributed by atoms with Gasteiger partial charge in [-0.3, -0.25) is 4.79 Å². The third kappa shape index (κ3) is 8.77. The van der Waals surface area contributed by atoms with Crippen LogP contribution in [0.1, 0.15) is 82.9 Å². The fourth-order valence-corrected chi connectivity index (χ4v) is 5.05. The molecule has 0 saturated heterocycles. The summed E-state index contributed by atoms with van der Waals surface area (Å²) in [5.74, 6) is -2.42. The van der Waals surface area contributed by atoms with Crippen LogP contribution in [-0.2, 0) is 27.0 Å². The Labute approximate surface area is 284 Å². The van der Waals surface area contributed by atoms with Crippen molar-refractivity contribution in [2.75, 3.05) is 17.7 Å². The molecule has 1 heterocycles. The zero-order valence-electron chi connectivity index (χ0n) is 27.3. The van der Waals surface area contributed by atoms with E-state index >= 15 is 4.39 Å². The van der Waals surface area contributed by atoms with Crippen LogP contribution >= 0.6 is 0 Å². The Kier molecular flexibility index (Phi) is 10.2. The van der Waals surface area contributed by atoms with Crippen LogP contribution in [0.15, 0.2) is 66.7 Å². The number of ether oxygens (including phenoxy) is 3. The van der Waals surface area contributed by atoms with E-state index in [-0.39, 0.29) is 35.2 Å². The molecule has 2 amide bonds. The number of carbonyl (C=O) groups excluding carboxylic acids is 3. The van der Waals surface area contributed by atoms with Gasteiger partial charge in [0.2, 0.25) is 0 Å². The number of hydrogen-bond acceptors (Lipinski definition) is 8. The maximum Gasteiger partial charge on any atom is 0.435 e. The van der Waals surface area contributed by atoms with Crippen molar-refractivity contribution in [3.8, 4) is 5.69 Å². The Morgan fingerprint density at radius 3 is 2.40 bits per heavy atom. The van der Waals surface area contributed by atoms with Crippen molar-refractivity contribution in [2.24, 2.45) is 11.7 Å². The van der Waals surface area contributed by atoms with E-state index in [2.05, 4.69) is 10.4 Å². The molecule has 1 saturated carbocycles. The van der Waals surface area contributed by atoms with Crippen LogP contribution in [0.25, 0.3) is 5.69 Å². The number of nitrogen functional groups attached to an aromatic ring is 1. The van der Waals surface area contributed by atoms with Crippen molar-refractivity contribution in [3.05, 3.63) is 106 Å². The maximum atomic E-state index is 15.3. The molecule has 11 nitrogen and oxygen atoms in total. The number of alkyl halides is 3. The molecule has 0 aliphatic heterocycles. The number of nitrogens with two attached hydrogens (primary N) is 2. The minimum atomic E-state index is -4.92. The summed E-state index contributed by atoms with van der Waals surface area (Å²) in [6.07, 6.45) is -5.06. The van der Waals surface area contributed by atoms with Crippen LogP contribution in [0.2, 0.25) is 0 Å². The molecule has 1 aliphatic carbocycles. The Balaban J connectivity index is 1.52. The Morgan fingerprint density at radius 1 is 1.02 bits per heavy atom. The van der Waals surface area contributed by atoms with Gasteiger partial charge >= 0.3 is 18.2 Å². The highest BCUT2D eigenvalue weighted by Crippen LogP contribution is 2.38. The molecule has 5 rings (SSSR count). The minimum Gasteiger partial charge on any atom is -0.456 e. The molecular weight excluding hydrogens is 662 g/mol. The zero-order valence-corrected chi connectivity index (χ0v) is 27.3. The van der Waals surface area contributed by atoms with E-state index in [0.717, 1.165) is 23.6 Å². The van der Waals surface area contributed by atoms with Crippen molar-refractivity contribution >= 4 is 29.3 Å². The number of esters is 1. The lowest BCUT2D eigenvalue weighted by molar-refractivity contribution is -0.141. The molecule has 1 aromatic heterocycles. The topological polar surface area (TPSA) is 161 Å². The summed E-state index contributed by atoms with van der Waals surface area (Å²) in [4.78, 5) is 38.0. The Hall–Kier alpha value is -5.44. The Morgan fingerprint density at radius 2 is 1.74 bits per heavy atom. The third-order valence-electron chi connectivity index (χ3n) is 7.52. The quantitative estimate of drug-likeness (QED) is 0.0864. The van der Waals surface area contributed by atoms with E-state index in [1.165, 1.54) is 42.5 Å². The van der Waals surface area contributed by atoms with E-state index in [1.807, 2.05) is 0 Å². The normalized spacial score (nSPS) is 13.8. The lowest BCUT2D eigenvalue weighted by atomic mass is 9.94. The summed E-state index contributed by atoms with van der Waals surface area (Å²) in [5, 5.41) is 5.95. The molecule has 4 aromatic rings. The molecular formula is C35H35F4N5O6. The van der Waals surface area contributed by atoms with E-state index in [0.29, 0.717) is 29.4 Å². The molecule has 5 N–H and O–H groups in total. The zero-order chi connectivity index (χ0) is 36.4. The SMILES string of the molecule is CC(C)(C)OC(=O)c1c(N)cccc1C(OCC1CC1)c1ccc(F)c(NC(=O)c2cc(C(F)(F)F)nn2-c2cccc(COC(N)=O)c2)c1. The second-order valence-corrected chi connectivity index (χ2v) is 12.8. The molecule has 0 spiro atoms. The van der Waals surface area contributed by atoms with Gasteiger partial charge in [0, 0.05) is 17.3 Å². The maximum absolute atomic E-state index is 15.3. The number of aromatic nitrogens is 2. The average molecular weight is 698 g/mol. The summed E-state index contributed by atoms with van der Waals surface area (Å²) in [7, 11) is 0. The first-order valence-electron chi connectivity index (χ1n) is 15.5. The second-order valence-electron chi connectivity index (χ2n) is 12.8. The summed E-state index contributed by atoms with van der Waals surface area (Å²) < 4.78 is 74.1. The highest BCUT2D eigenvalue weighted by molar-refractivity contribution is 6.03. The summed E-state index contributed by atoms with van der Waals surface area (Å²) in [5.41, 5.74) is 9.34. The van der Waals surface area contributed by atoms with Gasteiger partial charge in [0.15, 0.2) is 5.69 Å². The number of nitrogens with zero attached hydrogens (tertiary/aromatic N) is 2. The third-order valence-corrected chi connectivity index (χ3v) is 7.52.